The van der Waals surface area contributed by atoms with E-state index >= 15 is 0 Å². The molecule has 0 saturated carbocycles. The fourth-order valence-electron chi connectivity index (χ4n) is 4.16. The number of nitrogens with zero attached hydrogens (tertiary/aromatic N) is 3. The van der Waals surface area contributed by atoms with E-state index in [2.05, 4.69) is 15.0 Å². The first kappa shape index (κ1) is 25.5. The number of sulfone groups is 1. The van der Waals surface area contributed by atoms with Gasteiger partial charge in [-0.1, -0.05) is 18.2 Å². The van der Waals surface area contributed by atoms with Crippen LogP contribution in [0.3, 0.4) is 0 Å². The summed E-state index contributed by atoms with van der Waals surface area (Å²) in [6, 6.07) is 14.7. The molecule has 38 heavy (non-hydrogen) atoms. The third-order valence-corrected chi connectivity index (χ3v) is 7.53. The molecule has 3 heterocycles. The standard InChI is InChI=1S/C26H21F3N4O4S/c27-26(28,29)18-7-9-20(10-8-18)37-23-6-3-4-17-15-33(13-11-21(17)23)24(34)22-14-31-25(32-22)38(35,36)16-19-5-1-2-12-30-19/h1-10,12,14H,11,13,15-16H2,(H,31,32). The number of H-pyrrole nitrogens is 1. The maximum Gasteiger partial charge on any atom is 0.416 e. The van der Waals surface area contributed by atoms with Crippen molar-refractivity contribution in [2.75, 3.05) is 6.54 Å². The van der Waals surface area contributed by atoms with Gasteiger partial charge >= 0.3 is 6.18 Å². The summed E-state index contributed by atoms with van der Waals surface area (Å²) in [6.07, 6.45) is -1.23. The molecule has 0 spiro atoms. The summed E-state index contributed by atoms with van der Waals surface area (Å²) in [5.41, 5.74) is 1.23. The van der Waals surface area contributed by atoms with E-state index in [1.165, 1.54) is 24.5 Å². The van der Waals surface area contributed by atoms with Crippen molar-refractivity contribution in [3.05, 3.63) is 101 Å². The van der Waals surface area contributed by atoms with Gasteiger partial charge in [0.25, 0.3) is 5.91 Å². The lowest BCUT2D eigenvalue weighted by atomic mass is 9.98. The molecule has 8 nitrogen and oxygen atoms in total. The second-order valence-corrected chi connectivity index (χ2v) is 10.6. The number of aromatic nitrogens is 3. The predicted molar refractivity (Wildman–Crippen MR) is 130 cm³/mol. The second kappa shape index (κ2) is 9.93. The van der Waals surface area contributed by atoms with Crippen LogP contribution in [-0.4, -0.2) is 40.7 Å². The molecule has 1 amide bonds. The molecule has 2 aromatic carbocycles. The second-order valence-electron chi connectivity index (χ2n) is 8.67. The molecule has 2 aromatic heterocycles. The topological polar surface area (TPSA) is 105 Å². The number of carbonyl (C=O) groups excluding carboxylic acids is 1. The molecule has 5 rings (SSSR count). The molecule has 0 radical (unpaired) electrons. The fourth-order valence-corrected chi connectivity index (χ4v) is 5.34. The Hall–Kier alpha value is -4.19. The number of hydrogen-bond acceptors (Lipinski definition) is 6. The van der Waals surface area contributed by atoms with Crippen LogP contribution in [-0.2, 0) is 34.7 Å². The van der Waals surface area contributed by atoms with Crippen LogP contribution in [0.25, 0.3) is 0 Å². The van der Waals surface area contributed by atoms with Crippen molar-refractivity contribution in [3.8, 4) is 11.5 Å². The molecular formula is C26H21F3N4O4S. The first-order chi connectivity index (χ1) is 18.1. The van der Waals surface area contributed by atoms with Crippen molar-refractivity contribution in [2.45, 2.75) is 30.1 Å². The van der Waals surface area contributed by atoms with Crippen LogP contribution in [0.2, 0.25) is 0 Å². The smallest absolute Gasteiger partial charge is 0.416 e. The Balaban J connectivity index is 1.29. The highest BCUT2D eigenvalue weighted by molar-refractivity contribution is 7.90. The lowest BCUT2D eigenvalue weighted by molar-refractivity contribution is -0.137. The van der Waals surface area contributed by atoms with Gasteiger partial charge in [-0.05, 0) is 54.4 Å². The summed E-state index contributed by atoms with van der Waals surface area (Å²) in [6.45, 7) is 0.559. The van der Waals surface area contributed by atoms with Crippen molar-refractivity contribution in [1.29, 1.82) is 0 Å². The highest BCUT2D eigenvalue weighted by Crippen LogP contribution is 2.34. The van der Waals surface area contributed by atoms with Crippen molar-refractivity contribution in [3.63, 3.8) is 0 Å². The van der Waals surface area contributed by atoms with Crippen LogP contribution in [0, 0.1) is 0 Å². The van der Waals surface area contributed by atoms with Crippen LogP contribution in [0.1, 0.15) is 32.9 Å². The number of halogens is 3. The van der Waals surface area contributed by atoms with Gasteiger partial charge in [0, 0.05) is 31.0 Å². The average molecular weight is 543 g/mol. The van der Waals surface area contributed by atoms with Gasteiger partial charge in [0.2, 0.25) is 15.0 Å². The number of ether oxygens (including phenoxy) is 1. The third kappa shape index (κ3) is 5.40. The Morgan fingerprint density at radius 2 is 1.84 bits per heavy atom. The molecule has 1 N–H and O–H groups in total. The van der Waals surface area contributed by atoms with Gasteiger partial charge in [-0.3, -0.25) is 9.78 Å². The van der Waals surface area contributed by atoms with Crippen molar-refractivity contribution in [1.82, 2.24) is 19.9 Å². The zero-order valence-electron chi connectivity index (χ0n) is 19.8. The quantitative estimate of drug-likeness (QED) is 0.376. The van der Waals surface area contributed by atoms with E-state index in [1.54, 1.807) is 35.2 Å². The number of rotatable bonds is 6. The number of benzene rings is 2. The van der Waals surface area contributed by atoms with Crippen LogP contribution in [0.4, 0.5) is 13.2 Å². The Bertz CT molecular complexity index is 1570. The number of nitrogens with one attached hydrogen (secondary N) is 1. The van der Waals surface area contributed by atoms with E-state index < -0.39 is 27.5 Å². The molecule has 196 valence electrons. The maximum absolute atomic E-state index is 13.1. The molecule has 0 atom stereocenters. The number of imidazole rings is 1. The number of alkyl halides is 3. The Morgan fingerprint density at radius 3 is 2.55 bits per heavy atom. The largest absolute Gasteiger partial charge is 0.457 e. The minimum atomic E-state index is -4.43. The molecular weight excluding hydrogens is 521 g/mol. The Kier molecular flexibility index (Phi) is 6.66. The number of amides is 1. The van der Waals surface area contributed by atoms with Crippen LogP contribution in [0.15, 0.2) is 78.2 Å². The zero-order valence-corrected chi connectivity index (χ0v) is 20.6. The van der Waals surface area contributed by atoms with E-state index in [0.717, 1.165) is 23.3 Å². The van der Waals surface area contributed by atoms with Gasteiger partial charge in [0.15, 0.2) is 0 Å². The van der Waals surface area contributed by atoms with Crippen molar-refractivity contribution < 1.29 is 31.1 Å². The van der Waals surface area contributed by atoms with E-state index in [0.29, 0.717) is 24.4 Å². The minimum absolute atomic E-state index is 0.0230. The highest BCUT2D eigenvalue weighted by Gasteiger charge is 2.30. The molecule has 0 aliphatic carbocycles. The summed E-state index contributed by atoms with van der Waals surface area (Å²) < 4.78 is 69.8. The van der Waals surface area contributed by atoms with Gasteiger partial charge in [-0.25, -0.2) is 13.4 Å². The fraction of sp³-hybridized carbons (Fsp3) is 0.192. The molecule has 1 aliphatic rings. The van der Waals surface area contributed by atoms with Gasteiger partial charge in [-0.2, -0.15) is 13.2 Å². The first-order valence-electron chi connectivity index (χ1n) is 11.5. The molecule has 0 fully saturated rings. The zero-order chi connectivity index (χ0) is 26.9. The SMILES string of the molecule is O=C(c1c[nH]c(S(=O)(=O)Cc2ccccn2)n1)N1CCc2c(cccc2Oc2ccc(C(F)(F)F)cc2)C1. The number of aromatic amines is 1. The molecule has 0 saturated heterocycles. The molecule has 12 heteroatoms. The molecule has 0 bridgehead atoms. The Labute approximate surface area is 216 Å². The number of fused-ring (bicyclic) bond motifs is 1. The summed E-state index contributed by atoms with van der Waals surface area (Å²) in [5, 5.41) is -0.309. The maximum atomic E-state index is 13.1. The van der Waals surface area contributed by atoms with Crippen LogP contribution >= 0.6 is 0 Å². The lowest BCUT2D eigenvalue weighted by Gasteiger charge is -2.29. The van der Waals surface area contributed by atoms with Crippen molar-refractivity contribution in [2.24, 2.45) is 0 Å². The first-order valence-corrected chi connectivity index (χ1v) is 13.2. The van der Waals surface area contributed by atoms with E-state index in [4.69, 9.17) is 4.74 Å². The summed E-state index contributed by atoms with van der Waals surface area (Å²) in [5.74, 6) is -0.0218. The molecule has 1 aliphatic heterocycles. The normalized spacial score (nSPS) is 13.7. The summed E-state index contributed by atoms with van der Waals surface area (Å²) >= 11 is 0. The lowest BCUT2D eigenvalue weighted by Crippen LogP contribution is -2.36. The Morgan fingerprint density at radius 1 is 1.05 bits per heavy atom. The van der Waals surface area contributed by atoms with Gasteiger partial charge in [0.05, 0.1) is 11.3 Å². The number of hydrogen-bond donors (Lipinski definition) is 1. The number of pyridine rings is 1. The number of carbonyl (C=O) groups is 1. The van der Waals surface area contributed by atoms with E-state index in [1.807, 2.05) is 6.07 Å². The molecule has 0 unspecified atom stereocenters. The van der Waals surface area contributed by atoms with E-state index in [9.17, 15) is 26.4 Å². The predicted octanol–water partition coefficient (Wildman–Crippen LogP) is 4.79. The highest BCUT2D eigenvalue weighted by atomic mass is 32.2. The van der Waals surface area contributed by atoms with Gasteiger partial charge in [-0.15, -0.1) is 0 Å². The van der Waals surface area contributed by atoms with E-state index in [-0.39, 0.29) is 28.9 Å². The van der Waals surface area contributed by atoms with Gasteiger partial charge in [0.1, 0.15) is 22.9 Å². The van der Waals surface area contributed by atoms with Crippen molar-refractivity contribution >= 4 is 15.7 Å². The third-order valence-electron chi connectivity index (χ3n) is 6.05. The van der Waals surface area contributed by atoms with Crippen LogP contribution < -0.4 is 4.74 Å². The average Bonchev–Trinajstić information content (AvgIpc) is 3.40. The molecule has 4 aromatic rings. The summed E-state index contributed by atoms with van der Waals surface area (Å²) in [4.78, 5) is 25.3. The van der Waals surface area contributed by atoms with Gasteiger partial charge < -0.3 is 14.6 Å². The summed E-state index contributed by atoms with van der Waals surface area (Å²) in [7, 11) is -3.83. The monoisotopic (exact) mass is 542 g/mol. The van der Waals surface area contributed by atoms with Crippen LogP contribution in [0.5, 0.6) is 11.5 Å². The minimum Gasteiger partial charge on any atom is -0.457 e.